The van der Waals surface area contributed by atoms with Gasteiger partial charge in [0.05, 0.1) is 24.5 Å². The first kappa shape index (κ1) is 16.5. The van der Waals surface area contributed by atoms with E-state index in [-0.39, 0.29) is 17.4 Å². The molecule has 1 saturated heterocycles. The van der Waals surface area contributed by atoms with Gasteiger partial charge >= 0.3 is 0 Å². The number of ether oxygens (including phenoxy) is 1. The van der Waals surface area contributed by atoms with Crippen LogP contribution in [-0.2, 0) is 9.53 Å². The predicted octanol–water partition coefficient (Wildman–Crippen LogP) is 1.42. The van der Waals surface area contributed by atoms with Crippen molar-refractivity contribution in [1.82, 2.24) is 9.88 Å². The van der Waals surface area contributed by atoms with Crippen LogP contribution in [0.1, 0.15) is 28.5 Å². The Morgan fingerprint density at radius 2 is 2.14 bits per heavy atom. The highest BCUT2D eigenvalue weighted by atomic mass is 32.2. The number of carbonyl (C=O) groups excluding carboxylic acids is 2. The summed E-state index contributed by atoms with van der Waals surface area (Å²) < 4.78 is 5.21. The molecule has 0 saturated carbocycles. The lowest BCUT2D eigenvalue weighted by molar-refractivity contribution is -0.132. The van der Waals surface area contributed by atoms with Crippen molar-refractivity contribution < 1.29 is 14.3 Å². The average molecular weight is 319 g/mol. The molecule has 6 nitrogen and oxygen atoms in total. The Morgan fingerprint density at radius 1 is 1.45 bits per heavy atom. The molecule has 1 amide bonds. The van der Waals surface area contributed by atoms with Gasteiger partial charge in [-0.15, -0.1) is 0 Å². The molecule has 0 aromatic carbocycles. The molecule has 0 N–H and O–H groups in total. The molecule has 116 valence electrons. The first-order valence-corrected chi connectivity index (χ1v) is 7.92. The second-order valence-electron chi connectivity index (χ2n) is 4.92. The lowest BCUT2D eigenvalue weighted by atomic mass is 10.1. The number of aryl methyl sites for hydroxylation is 1. The van der Waals surface area contributed by atoms with Crippen LogP contribution in [0.3, 0.4) is 0 Å². The number of hydrogen-bond donors (Lipinski definition) is 0. The lowest BCUT2D eigenvalue weighted by Crippen LogP contribution is -2.41. The first-order chi connectivity index (χ1) is 10.5. The summed E-state index contributed by atoms with van der Waals surface area (Å²) in [6.07, 6.45) is 0. The highest BCUT2D eigenvalue weighted by Crippen LogP contribution is 2.23. The highest BCUT2D eigenvalue weighted by Gasteiger charge is 2.19. The molecule has 0 atom stereocenters. The lowest BCUT2D eigenvalue weighted by Gasteiger charge is -2.26. The van der Waals surface area contributed by atoms with Gasteiger partial charge in [-0.3, -0.25) is 9.59 Å². The molecule has 0 radical (unpaired) electrons. The number of nitrogens with zero attached hydrogens (tertiary/aromatic N) is 3. The van der Waals surface area contributed by atoms with E-state index in [0.717, 1.165) is 0 Å². The maximum atomic E-state index is 12.1. The summed E-state index contributed by atoms with van der Waals surface area (Å²) in [6, 6.07) is 3.59. The fourth-order valence-corrected chi connectivity index (χ4v) is 3.07. The Balaban J connectivity index is 2.09. The minimum Gasteiger partial charge on any atom is -0.378 e. The quantitative estimate of drug-likeness (QED) is 0.616. The van der Waals surface area contributed by atoms with Crippen molar-refractivity contribution in [1.29, 1.82) is 5.26 Å². The number of pyridine rings is 1. The van der Waals surface area contributed by atoms with Gasteiger partial charge in [-0.2, -0.15) is 5.26 Å². The summed E-state index contributed by atoms with van der Waals surface area (Å²) in [7, 11) is 0. The first-order valence-electron chi connectivity index (χ1n) is 6.94. The van der Waals surface area contributed by atoms with Crippen molar-refractivity contribution in [2.45, 2.75) is 18.9 Å². The number of nitriles is 1. The van der Waals surface area contributed by atoms with Gasteiger partial charge in [-0.1, -0.05) is 11.8 Å². The number of morpholine rings is 1. The van der Waals surface area contributed by atoms with Crippen LogP contribution < -0.4 is 0 Å². The average Bonchev–Trinajstić information content (AvgIpc) is 2.53. The molecule has 1 aliphatic rings. The zero-order valence-corrected chi connectivity index (χ0v) is 13.4. The Hall–Kier alpha value is -1.91. The van der Waals surface area contributed by atoms with Crippen molar-refractivity contribution in [2.75, 3.05) is 32.1 Å². The molecular formula is C15H17N3O3S. The molecule has 1 fully saturated rings. The van der Waals surface area contributed by atoms with Gasteiger partial charge in [0.1, 0.15) is 11.1 Å². The summed E-state index contributed by atoms with van der Waals surface area (Å²) in [5.41, 5.74) is 1.35. The van der Waals surface area contributed by atoms with Crippen molar-refractivity contribution in [2.24, 2.45) is 0 Å². The summed E-state index contributed by atoms with van der Waals surface area (Å²) in [6.45, 7) is 5.49. The second kappa shape index (κ2) is 7.38. The largest absolute Gasteiger partial charge is 0.378 e. The van der Waals surface area contributed by atoms with E-state index >= 15 is 0 Å². The van der Waals surface area contributed by atoms with E-state index in [0.29, 0.717) is 48.2 Å². The van der Waals surface area contributed by atoms with Gasteiger partial charge in [0.15, 0.2) is 5.78 Å². The summed E-state index contributed by atoms with van der Waals surface area (Å²) >= 11 is 1.23. The normalized spacial score (nSPS) is 14.5. The van der Waals surface area contributed by atoms with Crippen LogP contribution in [0.25, 0.3) is 0 Å². The molecule has 7 heteroatoms. The summed E-state index contributed by atoms with van der Waals surface area (Å²) in [4.78, 5) is 29.7. The molecule has 0 spiro atoms. The third-order valence-electron chi connectivity index (χ3n) is 3.37. The zero-order valence-electron chi connectivity index (χ0n) is 12.6. The van der Waals surface area contributed by atoms with E-state index in [1.165, 1.54) is 18.7 Å². The molecule has 1 aromatic heterocycles. The Labute approximate surface area is 133 Å². The Morgan fingerprint density at radius 3 is 2.73 bits per heavy atom. The summed E-state index contributed by atoms with van der Waals surface area (Å²) in [5, 5.41) is 9.70. The fraction of sp³-hybridized carbons (Fsp3) is 0.467. The SMILES string of the molecule is CC(=O)c1cc(C#N)c(SCC(=O)N2CCOCC2)nc1C. The highest BCUT2D eigenvalue weighted by molar-refractivity contribution is 7.99. The molecule has 22 heavy (non-hydrogen) atoms. The van der Waals surface area contributed by atoms with Gasteiger partial charge in [0, 0.05) is 24.3 Å². The van der Waals surface area contributed by atoms with Gasteiger partial charge < -0.3 is 9.64 Å². The maximum Gasteiger partial charge on any atom is 0.233 e. The molecule has 0 bridgehead atoms. The summed E-state index contributed by atoms with van der Waals surface area (Å²) in [5.74, 6) is 0.107. The smallest absolute Gasteiger partial charge is 0.233 e. The van der Waals surface area contributed by atoms with Crippen LogP contribution in [0.5, 0.6) is 0 Å². The van der Waals surface area contributed by atoms with Crippen molar-refractivity contribution in [3.63, 3.8) is 0 Å². The second-order valence-corrected chi connectivity index (χ2v) is 5.89. The Bertz CT molecular complexity index is 634. The van der Waals surface area contributed by atoms with E-state index in [9.17, 15) is 14.9 Å². The number of rotatable bonds is 4. The van der Waals surface area contributed by atoms with Crippen molar-refractivity contribution >= 4 is 23.5 Å². The van der Waals surface area contributed by atoms with Crippen LogP contribution in [0.15, 0.2) is 11.1 Å². The number of thioether (sulfide) groups is 1. The van der Waals surface area contributed by atoms with Crippen LogP contribution in [0.4, 0.5) is 0 Å². The third-order valence-corrected chi connectivity index (χ3v) is 4.35. The van der Waals surface area contributed by atoms with Gasteiger partial charge in [-0.05, 0) is 19.9 Å². The van der Waals surface area contributed by atoms with E-state index in [1.807, 2.05) is 6.07 Å². The fourth-order valence-electron chi connectivity index (χ4n) is 2.16. The molecule has 0 unspecified atom stereocenters. The van der Waals surface area contributed by atoms with Crippen LogP contribution in [0, 0.1) is 18.3 Å². The number of aromatic nitrogens is 1. The molecule has 2 rings (SSSR count). The Kier molecular flexibility index (Phi) is 5.52. The maximum absolute atomic E-state index is 12.1. The van der Waals surface area contributed by atoms with Gasteiger partial charge in [-0.25, -0.2) is 4.98 Å². The third kappa shape index (κ3) is 3.84. The zero-order chi connectivity index (χ0) is 16.1. The van der Waals surface area contributed by atoms with Crippen LogP contribution >= 0.6 is 11.8 Å². The number of Topliss-reactive ketones (excluding diaryl/α,β-unsaturated/α-hetero) is 1. The number of amides is 1. The van der Waals surface area contributed by atoms with Crippen LogP contribution in [-0.4, -0.2) is 53.6 Å². The number of hydrogen-bond acceptors (Lipinski definition) is 6. The monoisotopic (exact) mass is 319 g/mol. The van der Waals surface area contributed by atoms with Gasteiger partial charge in [0.25, 0.3) is 0 Å². The van der Waals surface area contributed by atoms with E-state index in [2.05, 4.69) is 4.98 Å². The van der Waals surface area contributed by atoms with Crippen LogP contribution in [0.2, 0.25) is 0 Å². The molecule has 2 heterocycles. The topological polar surface area (TPSA) is 83.3 Å². The van der Waals surface area contributed by atoms with E-state index in [4.69, 9.17) is 4.74 Å². The standard InChI is InChI=1S/C15H17N3O3S/c1-10-13(11(2)19)7-12(8-16)15(17-10)22-9-14(20)18-3-5-21-6-4-18/h7H,3-6,9H2,1-2H3. The number of carbonyl (C=O) groups is 2. The molecule has 1 aromatic rings. The van der Waals surface area contributed by atoms with Crippen molar-refractivity contribution in [3.8, 4) is 6.07 Å². The molecule has 1 aliphatic heterocycles. The van der Waals surface area contributed by atoms with E-state index < -0.39 is 0 Å². The van der Waals surface area contributed by atoms with E-state index in [1.54, 1.807) is 17.9 Å². The molecule has 0 aliphatic carbocycles. The number of ketones is 1. The molecular weight excluding hydrogens is 302 g/mol. The minimum atomic E-state index is -0.123. The predicted molar refractivity (Wildman–Crippen MR) is 81.8 cm³/mol. The minimum absolute atomic E-state index is 0.00675. The van der Waals surface area contributed by atoms with Crippen molar-refractivity contribution in [3.05, 3.63) is 22.9 Å². The van der Waals surface area contributed by atoms with Gasteiger partial charge in [0.2, 0.25) is 5.91 Å².